The molecule has 1 aliphatic rings. The summed E-state index contributed by atoms with van der Waals surface area (Å²) in [6.45, 7) is 0.954. The fourth-order valence-electron chi connectivity index (χ4n) is 2.80. The van der Waals surface area contributed by atoms with E-state index in [1.54, 1.807) is 10.7 Å². The second kappa shape index (κ2) is 5.78. The molecule has 102 valence electrons. The van der Waals surface area contributed by atoms with E-state index in [1.807, 2.05) is 12.1 Å². The summed E-state index contributed by atoms with van der Waals surface area (Å²) in [5, 5.41) is 8.35. The molecule has 5 heteroatoms. The lowest BCUT2D eigenvalue weighted by Crippen LogP contribution is -2.12. The minimum Gasteiger partial charge on any atom is -0.353 e. The van der Waals surface area contributed by atoms with Crippen LogP contribution in [-0.2, 0) is 0 Å². The maximum absolute atomic E-state index is 5.92. The number of hydrogen-bond acceptors (Lipinski definition) is 3. The molecule has 1 fully saturated rings. The molecule has 0 amide bonds. The summed E-state index contributed by atoms with van der Waals surface area (Å²) in [5.74, 6) is 1.57. The third-order valence-electron chi connectivity index (χ3n) is 3.86. The van der Waals surface area contributed by atoms with Gasteiger partial charge in [-0.1, -0.05) is 43.7 Å². The van der Waals surface area contributed by atoms with E-state index in [4.69, 9.17) is 11.6 Å². The monoisotopic (exact) mass is 278 g/mol. The number of aromatic nitrogens is 3. The van der Waals surface area contributed by atoms with Crippen LogP contribution in [0, 0.1) is 5.92 Å². The summed E-state index contributed by atoms with van der Waals surface area (Å²) in [6, 6.07) is 3.71. The zero-order valence-electron chi connectivity index (χ0n) is 11.0. The van der Waals surface area contributed by atoms with E-state index in [2.05, 4.69) is 15.4 Å². The zero-order valence-corrected chi connectivity index (χ0v) is 11.7. The fraction of sp³-hybridized carbons (Fsp3) is 0.571. The lowest BCUT2D eigenvalue weighted by Gasteiger charge is -2.21. The summed E-state index contributed by atoms with van der Waals surface area (Å²) in [7, 11) is 0. The molecule has 4 nitrogen and oxygen atoms in total. The van der Waals surface area contributed by atoms with E-state index in [0.717, 1.165) is 18.1 Å². The molecule has 0 spiro atoms. The first kappa shape index (κ1) is 12.7. The molecule has 0 radical (unpaired) electrons. The van der Waals surface area contributed by atoms with Crippen LogP contribution in [0.2, 0.25) is 5.02 Å². The Morgan fingerprint density at radius 1 is 1.26 bits per heavy atom. The highest BCUT2D eigenvalue weighted by molar-refractivity contribution is 6.30. The molecule has 0 bridgehead atoms. The molecular formula is C14H19ClN4. The molecular weight excluding hydrogens is 260 g/mol. The van der Waals surface area contributed by atoms with Crippen molar-refractivity contribution in [3.05, 3.63) is 23.4 Å². The number of anilines is 1. The van der Waals surface area contributed by atoms with Crippen LogP contribution in [0.3, 0.4) is 0 Å². The van der Waals surface area contributed by atoms with Gasteiger partial charge in [-0.05, 0) is 24.5 Å². The van der Waals surface area contributed by atoms with Crippen molar-refractivity contribution in [1.82, 2.24) is 14.6 Å². The normalized spacial score (nSPS) is 16.9. The molecule has 3 rings (SSSR count). The number of nitrogens with zero attached hydrogens (tertiary/aromatic N) is 3. The second-order valence-electron chi connectivity index (χ2n) is 5.30. The molecule has 0 aliphatic heterocycles. The zero-order chi connectivity index (χ0) is 13.1. The SMILES string of the molecule is Clc1ccc2nc(NCCC3CCCCC3)nn2c1. The minimum atomic E-state index is 0.672. The first-order chi connectivity index (χ1) is 9.31. The Morgan fingerprint density at radius 2 is 2.11 bits per heavy atom. The minimum absolute atomic E-state index is 0.672. The Morgan fingerprint density at radius 3 is 2.95 bits per heavy atom. The van der Waals surface area contributed by atoms with Crippen LogP contribution in [-0.4, -0.2) is 21.1 Å². The topological polar surface area (TPSA) is 42.2 Å². The summed E-state index contributed by atoms with van der Waals surface area (Å²) in [4.78, 5) is 4.42. The molecule has 2 aromatic heterocycles. The number of fused-ring (bicyclic) bond motifs is 1. The maximum atomic E-state index is 5.92. The number of rotatable bonds is 4. The Hall–Kier alpha value is -1.29. The molecule has 1 N–H and O–H groups in total. The highest BCUT2D eigenvalue weighted by atomic mass is 35.5. The van der Waals surface area contributed by atoms with Gasteiger partial charge in [-0.3, -0.25) is 0 Å². The van der Waals surface area contributed by atoms with Crippen LogP contribution in [0.1, 0.15) is 38.5 Å². The Bertz CT molecular complexity index is 545. The van der Waals surface area contributed by atoms with Gasteiger partial charge in [-0.15, -0.1) is 5.10 Å². The summed E-state index contributed by atoms with van der Waals surface area (Å²) in [5.41, 5.74) is 0.824. The average Bonchev–Trinajstić information content (AvgIpc) is 2.82. The van der Waals surface area contributed by atoms with Crippen LogP contribution in [0.4, 0.5) is 5.95 Å². The van der Waals surface area contributed by atoms with Crippen molar-refractivity contribution in [3.8, 4) is 0 Å². The summed E-state index contributed by atoms with van der Waals surface area (Å²) in [6.07, 6.45) is 9.97. The molecule has 0 unspecified atom stereocenters. The number of hydrogen-bond donors (Lipinski definition) is 1. The standard InChI is InChI=1S/C14H19ClN4/c15-12-6-7-13-17-14(18-19(13)10-12)16-9-8-11-4-2-1-3-5-11/h6-7,10-11H,1-5,8-9H2,(H,16,18). The van der Waals surface area contributed by atoms with Crippen molar-refractivity contribution in [3.63, 3.8) is 0 Å². The highest BCUT2D eigenvalue weighted by Crippen LogP contribution is 2.26. The van der Waals surface area contributed by atoms with Crippen molar-refractivity contribution in [1.29, 1.82) is 0 Å². The number of nitrogens with one attached hydrogen (secondary N) is 1. The molecule has 19 heavy (non-hydrogen) atoms. The average molecular weight is 279 g/mol. The van der Waals surface area contributed by atoms with Gasteiger partial charge in [-0.25, -0.2) is 4.52 Å². The van der Waals surface area contributed by atoms with E-state index in [9.17, 15) is 0 Å². The first-order valence-corrected chi connectivity index (χ1v) is 7.45. The van der Waals surface area contributed by atoms with Gasteiger partial charge >= 0.3 is 0 Å². The van der Waals surface area contributed by atoms with Crippen molar-refractivity contribution in [2.75, 3.05) is 11.9 Å². The summed E-state index contributed by atoms with van der Waals surface area (Å²) >= 11 is 5.92. The largest absolute Gasteiger partial charge is 0.353 e. The molecule has 2 heterocycles. The first-order valence-electron chi connectivity index (χ1n) is 7.07. The van der Waals surface area contributed by atoms with Gasteiger partial charge in [0, 0.05) is 12.7 Å². The molecule has 1 saturated carbocycles. The van der Waals surface area contributed by atoms with E-state index in [-0.39, 0.29) is 0 Å². The van der Waals surface area contributed by atoms with Crippen molar-refractivity contribution in [2.24, 2.45) is 5.92 Å². The lowest BCUT2D eigenvalue weighted by molar-refractivity contribution is 0.345. The predicted molar refractivity (Wildman–Crippen MR) is 77.7 cm³/mol. The van der Waals surface area contributed by atoms with Gasteiger partial charge in [0.1, 0.15) is 0 Å². The van der Waals surface area contributed by atoms with Crippen LogP contribution in [0.15, 0.2) is 18.3 Å². The van der Waals surface area contributed by atoms with Crippen molar-refractivity contribution >= 4 is 23.2 Å². The molecule has 1 aliphatic carbocycles. The molecule has 0 atom stereocenters. The van der Waals surface area contributed by atoms with Crippen LogP contribution in [0.25, 0.3) is 5.65 Å². The van der Waals surface area contributed by atoms with E-state index < -0.39 is 0 Å². The number of halogens is 1. The molecule has 0 aromatic carbocycles. The van der Waals surface area contributed by atoms with Gasteiger partial charge in [0.15, 0.2) is 5.65 Å². The Kier molecular flexibility index (Phi) is 3.87. The lowest BCUT2D eigenvalue weighted by atomic mass is 9.87. The quantitative estimate of drug-likeness (QED) is 0.926. The second-order valence-corrected chi connectivity index (χ2v) is 5.74. The highest BCUT2D eigenvalue weighted by Gasteiger charge is 2.13. The fourth-order valence-corrected chi connectivity index (χ4v) is 2.95. The smallest absolute Gasteiger partial charge is 0.243 e. The van der Waals surface area contributed by atoms with Crippen LogP contribution < -0.4 is 5.32 Å². The predicted octanol–water partition coefficient (Wildman–Crippen LogP) is 3.77. The van der Waals surface area contributed by atoms with Gasteiger partial charge in [0.25, 0.3) is 0 Å². The van der Waals surface area contributed by atoms with E-state index in [1.165, 1.54) is 38.5 Å². The van der Waals surface area contributed by atoms with Crippen molar-refractivity contribution in [2.45, 2.75) is 38.5 Å². The van der Waals surface area contributed by atoms with Gasteiger partial charge in [0.2, 0.25) is 5.95 Å². The van der Waals surface area contributed by atoms with Crippen LogP contribution >= 0.6 is 11.6 Å². The third kappa shape index (κ3) is 3.18. The van der Waals surface area contributed by atoms with Gasteiger partial charge in [0.05, 0.1) is 5.02 Å². The maximum Gasteiger partial charge on any atom is 0.243 e. The third-order valence-corrected chi connectivity index (χ3v) is 4.08. The number of pyridine rings is 1. The summed E-state index contributed by atoms with van der Waals surface area (Å²) < 4.78 is 1.71. The Balaban J connectivity index is 1.56. The van der Waals surface area contributed by atoms with Crippen molar-refractivity contribution < 1.29 is 0 Å². The van der Waals surface area contributed by atoms with E-state index >= 15 is 0 Å². The Labute approximate surface area is 118 Å². The van der Waals surface area contributed by atoms with Crippen LogP contribution in [0.5, 0.6) is 0 Å². The van der Waals surface area contributed by atoms with Gasteiger partial charge < -0.3 is 5.32 Å². The molecule has 2 aromatic rings. The van der Waals surface area contributed by atoms with Gasteiger partial charge in [-0.2, -0.15) is 4.98 Å². The van der Waals surface area contributed by atoms with E-state index in [0.29, 0.717) is 11.0 Å². The molecule has 0 saturated heterocycles.